The third-order valence-electron chi connectivity index (χ3n) is 3.15. The van der Waals surface area contributed by atoms with E-state index >= 15 is 0 Å². The molecule has 4 nitrogen and oxygen atoms in total. The van der Waals surface area contributed by atoms with Crippen molar-refractivity contribution in [2.24, 2.45) is 0 Å². The van der Waals surface area contributed by atoms with Gasteiger partial charge in [-0.1, -0.05) is 18.2 Å². The molecule has 2 rings (SSSR count). The number of benzene rings is 1. The number of nitrogens with one attached hydrogen (secondary N) is 1. The van der Waals surface area contributed by atoms with Gasteiger partial charge >= 0.3 is 0 Å². The number of amides is 1. The molecule has 92 valence electrons. The Morgan fingerprint density at radius 3 is 2.94 bits per heavy atom. The Balaban J connectivity index is 2.32. The molecule has 0 bridgehead atoms. The van der Waals surface area contributed by atoms with E-state index in [4.69, 9.17) is 4.74 Å². The topological polar surface area (TPSA) is 41.6 Å². The van der Waals surface area contributed by atoms with E-state index < -0.39 is 0 Å². The summed E-state index contributed by atoms with van der Waals surface area (Å²) < 4.78 is 5.36. The van der Waals surface area contributed by atoms with E-state index in [1.807, 2.05) is 29.2 Å². The van der Waals surface area contributed by atoms with Crippen LogP contribution in [-0.4, -0.2) is 37.6 Å². The highest BCUT2D eigenvalue weighted by Gasteiger charge is 2.27. The van der Waals surface area contributed by atoms with Crippen LogP contribution in [0.1, 0.15) is 18.5 Å². The van der Waals surface area contributed by atoms with Gasteiger partial charge in [0, 0.05) is 32.1 Å². The zero-order chi connectivity index (χ0) is 12.3. The maximum atomic E-state index is 11.6. The Morgan fingerprint density at radius 1 is 1.47 bits per heavy atom. The summed E-state index contributed by atoms with van der Waals surface area (Å²) in [7, 11) is 1.66. The van der Waals surface area contributed by atoms with Gasteiger partial charge in [-0.3, -0.25) is 4.79 Å². The number of hydrogen-bond donors (Lipinski definition) is 1. The fourth-order valence-corrected chi connectivity index (χ4v) is 2.30. The van der Waals surface area contributed by atoms with Crippen molar-refractivity contribution >= 4 is 5.91 Å². The molecule has 0 aliphatic carbocycles. The number of piperazine rings is 1. The first-order valence-corrected chi connectivity index (χ1v) is 5.85. The van der Waals surface area contributed by atoms with Crippen LogP contribution in [0, 0.1) is 0 Å². The molecule has 1 unspecified atom stereocenters. The summed E-state index contributed by atoms with van der Waals surface area (Å²) in [5, 5.41) is 3.32. The van der Waals surface area contributed by atoms with Crippen LogP contribution in [0.2, 0.25) is 0 Å². The molecule has 0 saturated carbocycles. The Bertz CT molecular complexity index is 406. The smallest absolute Gasteiger partial charge is 0.220 e. The van der Waals surface area contributed by atoms with Crippen LogP contribution in [0.15, 0.2) is 24.3 Å². The van der Waals surface area contributed by atoms with Crippen LogP contribution in [0.5, 0.6) is 5.75 Å². The molecule has 1 aromatic rings. The summed E-state index contributed by atoms with van der Waals surface area (Å²) in [5.74, 6) is 0.954. The molecule has 1 aromatic carbocycles. The molecule has 1 aliphatic heterocycles. The SMILES string of the molecule is COc1ccccc1C1CNCCN1C(C)=O. The van der Waals surface area contributed by atoms with Gasteiger partial charge in [-0.15, -0.1) is 0 Å². The number of methoxy groups -OCH3 is 1. The van der Waals surface area contributed by atoms with Crippen LogP contribution in [0.25, 0.3) is 0 Å². The number of para-hydroxylation sites is 1. The average Bonchev–Trinajstić information content (AvgIpc) is 2.38. The molecule has 1 heterocycles. The van der Waals surface area contributed by atoms with E-state index in [1.165, 1.54) is 0 Å². The Morgan fingerprint density at radius 2 is 2.24 bits per heavy atom. The quantitative estimate of drug-likeness (QED) is 0.835. The van der Waals surface area contributed by atoms with Crippen LogP contribution in [0.4, 0.5) is 0 Å². The van der Waals surface area contributed by atoms with Gasteiger partial charge in [0.15, 0.2) is 0 Å². The molecule has 0 spiro atoms. The highest BCUT2D eigenvalue weighted by atomic mass is 16.5. The van der Waals surface area contributed by atoms with Crippen molar-refractivity contribution in [3.63, 3.8) is 0 Å². The number of rotatable bonds is 2. The van der Waals surface area contributed by atoms with E-state index in [0.29, 0.717) is 0 Å². The second kappa shape index (κ2) is 5.19. The Kier molecular flexibility index (Phi) is 3.64. The minimum Gasteiger partial charge on any atom is -0.496 e. The summed E-state index contributed by atoms with van der Waals surface area (Å²) in [4.78, 5) is 13.5. The lowest BCUT2D eigenvalue weighted by Crippen LogP contribution is -2.48. The molecule has 0 aromatic heterocycles. The lowest BCUT2D eigenvalue weighted by molar-refractivity contribution is -0.132. The minimum absolute atomic E-state index is 0.0670. The number of ether oxygens (including phenoxy) is 1. The first kappa shape index (κ1) is 11.9. The van der Waals surface area contributed by atoms with Gasteiger partial charge in [-0.25, -0.2) is 0 Å². The van der Waals surface area contributed by atoms with Crippen molar-refractivity contribution in [3.05, 3.63) is 29.8 Å². The molecule has 1 atom stereocenters. The summed E-state index contributed by atoms with van der Waals surface area (Å²) in [6.07, 6.45) is 0. The Labute approximate surface area is 102 Å². The second-order valence-corrected chi connectivity index (χ2v) is 4.17. The largest absolute Gasteiger partial charge is 0.496 e. The van der Waals surface area contributed by atoms with Gasteiger partial charge in [0.25, 0.3) is 0 Å². The highest BCUT2D eigenvalue weighted by Crippen LogP contribution is 2.29. The van der Waals surface area contributed by atoms with E-state index in [1.54, 1.807) is 14.0 Å². The summed E-state index contributed by atoms with van der Waals surface area (Å²) in [6.45, 7) is 4.00. The number of nitrogens with zero attached hydrogens (tertiary/aromatic N) is 1. The molecular weight excluding hydrogens is 216 g/mol. The second-order valence-electron chi connectivity index (χ2n) is 4.17. The van der Waals surface area contributed by atoms with Crippen molar-refractivity contribution in [1.29, 1.82) is 0 Å². The first-order chi connectivity index (χ1) is 8.24. The van der Waals surface area contributed by atoms with E-state index in [-0.39, 0.29) is 11.9 Å². The normalized spacial score (nSPS) is 20.1. The van der Waals surface area contributed by atoms with Gasteiger partial charge in [0.05, 0.1) is 13.2 Å². The van der Waals surface area contributed by atoms with Crippen molar-refractivity contribution in [2.45, 2.75) is 13.0 Å². The molecule has 4 heteroatoms. The standard InChI is InChI=1S/C13H18N2O2/c1-10(16)15-8-7-14-9-12(15)11-5-3-4-6-13(11)17-2/h3-6,12,14H,7-9H2,1-2H3. The third-order valence-corrected chi connectivity index (χ3v) is 3.15. The van der Waals surface area contributed by atoms with Crippen molar-refractivity contribution < 1.29 is 9.53 Å². The van der Waals surface area contributed by atoms with E-state index in [2.05, 4.69) is 5.32 Å². The minimum atomic E-state index is 0.0670. The molecule has 0 radical (unpaired) electrons. The molecular formula is C13H18N2O2. The Hall–Kier alpha value is -1.55. The maximum Gasteiger partial charge on any atom is 0.220 e. The number of carbonyl (C=O) groups is 1. The first-order valence-electron chi connectivity index (χ1n) is 5.85. The molecule has 17 heavy (non-hydrogen) atoms. The number of carbonyl (C=O) groups excluding carboxylic acids is 1. The van der Waals surface area contributed by atoms with Crippen LogP contribution in [0.3, 0.4) is 0 Å². The van der Waals surface area contributed by atoms with E-state index in [9.17, 15) is 4.79 Å². The average molecular weight is 234 g/mol. The zero-order valence-corrected chi connectivity index (χ0v) is 10.3. The van der Waals surface area contributed by atoms with Crippen molar-refractivity contribution in [1.82, 2.24) is 10.2 Å². The maximum absolute atomic E-state index is 11.6. The van der Waals surface area contributed by atoms with Crippen LogP contribution >= 0.6 is 0 Å². The van der Waals surface area contributed by atoms with Crippen LogP contribution < -0.4 is 10.1 Å². The molecule has 1 amide bonds. The fourth-order valence-electron chi connectivity index (χ4n) is 2.30. The van der Waals surface area contributed by atoms with Crippen molar-refractivity contribution in [2.75, 3.05) is 26.7 Å². The molecule has 1 aliphatic rings. The summed E-state index contributed by atoms with van der Waals surface area (Å²) in [6, 6.07) is 7.94. The fraction of sp³-hybridized carbons (Fsp3) is 0.462. The van der Waals surface area contributed by atoms with Gasteiger partial charge < -0.3 is 15.0 Å². The number of hydrogen-bond acceptors (Lipinski definition) is 3. The predicted molar refractivity (Wildman–Crippen MR) is 66.0 cm³/mol. The van der Waals surface area contributed by atoms with Crippen LogP contribution in [-0.2, 0) is 4.79 Å². The summed E-state index contributed by atoms with van der Waals surface area (Å²) in [5.41, 5.74) is 1.07. The monoisotopic (exact) mass is 234 g/mol. The highest BCUT2D eigenvalue weighted by molar-refractivity contribution is 5.74. The van der Waals surface area contributed by atoms with Gasteiger partial charge in [-0.2, -0.15) is 0 Å². The van der Waals surface area contributed by atoms with Gasteiger partial charge in [0.2, 0.25) is 5.91 Å². The van der Waals surface area contributed by atoms with Gasteiger partial charge in [0.1, 0.15) is 5.75 Å². The lowest BCUT2D eigenvalue weighted by Gasteiger charge is -2.36. The molecule has 1 saturated heterocycles. The third kappa shape index (κ3) is 2.42. The van der Waals surface area contributed by atoms with E-state index in [0.717, 1.165) is 30.9 Å². The van der Waals surface area contributed by atoms with Gasteiger partial charge in [-0.05, 0) is 6.07 Å². The molecule has 1 N–H and O–H groups in total. The van der Waals surface area contributed by atoms with Crippen molar-refractivity contribution in [3.8, 4) is 5.75 Å². The zero-order valence-electron chi connectivity index (χ0n) is 10.3. The lowest BCUT2D eigenvalue weighted by atomic mass is 10.0. The summed E-state index contributed by atoms with van der Waals surface area (Å²) >= 11 is 0. The molecule has 1 fully saturated rings. The predicted octanol–water partition coefficient (Wildman–Crippen LogP) is 1.19.